The van der Waals surface area contributed by atoms with Crippen molar-refractivity contribution in [3.8, 4) is 0 Å². The van der Waals surface area contributed by atoms with Gasteiger partial charge in [-0.15, -0.1) is 0 Å². The third-order valence-corrected chi connectivity index (χ3v) is 4.10. The van der Waals surface area contributed by atoms with Gasteiger partial charge in [-0.25, -0.2) is 4.99 Å². The summed E-state index contributed by atoms with van der Waals surface area (Å²) in [5, 5.41) is 7.60. The highest BCUT2D eigenvalue weighted by Crippen LogP contribution is 2.25. The second-order valence-corrected chi connectivity index (χ2v) is 6.04. The highest BCUT2D eigenvalue weighted by molar-refractivity contribution is 7.80. The molecular weight excluding hydrogens is 353 g/mol. The molecule has 4 nitrogen and oxygen atoms in total. The Kier molecular flexibility index (Phi) is 5.00. The van der Waals surface area contributed by atoms with Crippen LogP contribution in [0.5, 0.6) is 0 Å². The zero-order valence-electron chi connectivity index (χ0n) is 12.0. The van der Waals surface area contributed by atoms with Crippen molar-refractivity contribution < 1.29 is 4.74 Å². The fourth-order valence-electron chi connectivity index (χ4n) is 2.07. The topological polar surface area (TPSA) is 45.7 Å². The third kappa shape index (κ3) is 4.13. The minimum Gasteiger partial charge on any atom is -0.476 e. The van der Waals surface area contributed by atoms with Crippen LogP contribution in [0.15, 0.2) is 47.5 Å². The van der Waals surface area contributed by atoms with E-state index in [2.05, 4.69) is 15.6 Å². The number of nitrogens with zero attached hydrogens (tertiary/aromatic N) is 1. The molecule has 0 atom stereocenters. The van der Waals surface area contributed by atoms with E-state index in [1.165, 1.54) is 0 Å². The molecular formula is C16H13Cl2N3OS. The van der Waals surface area contributed by atoms with E-state index < -0.39 is 0 Å². The van der Waals surface area contributed by atoms with Crippen LogP contribution in [0.1, 0.15) is 5.56 Å². The molecule has 0 saturated carbocycles. The summed E-state index contributed by atoms with van der Waals surface area (Å²) in [6, 6.07) is 13.0. The van der Waals surface area contributed by atoms with Crippen molar-refractivity contribution in [3.63, 3.8) is 0 Å². The van der Waals surface area contributed by atoms with E-state index in [1.54, 1.807) is 18.2 Å². The maximum atomic E-state index is 5.98. The van der Waals surface area contributed by atoms with Gasteiger partial charge < -0.3 is 15.4 Å². The van der Waals surface area contributed by atoms with Crippen LogP contribution in [-0.2, 0) is 4.74 Å². The Morgan fingerprint density at radius 1 is 1.00 bits per heavy atom. The van der Waals surface area contributed by atoms with Crippen LogP contribution >= 0.6 is 35.4 Å². The zero-order chi connectivity index (χ0) is 16.2. The molecule has 7 heteroatoms. The van der Waals surface area contributed by atoms with Gasteiger partial charge in [-0.2, -0.15) is 0 Å². The zero-order valence-corrected chi connectivity index (χ0v) is 14.3. The number of hydrogen-bond acceptors (Lipinski definition) is 3. The van der Waals surface area contributed by atoms with Gasteiger partial charge in [0.2, 0.25) is 5.90 Å². The van der Waals surface area contributed by atoms with Crippen LogP contribution in [0.4, 0.5) is 11.4 Å². The molecule has 1 aliphatic rings. The quantitative estimate of drug-likeness (QED) is 0.781. The Hall–Kier alpha value is -1.82. The average molecular weight is 366 g/mol. The Bertz CT molecular complexity index is 762. The van der Waals surface area contributed by atoms with Gasteiger partial charge in [-0.05, 0) is 54.7 Å². The summed E-state index contributed by atoms with van der Waals surface area (Å²) in [5.74, 6) is 0.688. The number of nitrogens with one attached hydrogen (secondary N) is 2. The molecule has 0 fully saturated rings. The first kappa shape index (κ1) is 16.1. The fourth-order valence-corrected chi connectivity index (χ4v) is 2.61. The first-order valence-electron chi connectivity index (χ1n) is 6.92. The average Bonchev–Trinajstić information content (AvgIpc) is 3.06. The summed E-state index contributed by atoms with van der Waals surface area (Å²) >= 11 is 17.2. The molecule has 1 heterocycles. The molecule has 0 bridgehead atoms. The van der Waals surface area contributed by atoms with E-state index in [-0.39, 0.29) is 0 Å². The summed E-state index contributed by atoms with van der Waals surface area (Å²) < 4.78 is 5.43. The maximum Gasteiger partial charge on any atom is 0.216 e. The molecule has 23 heavy (non-hydrogen) atoms. The highest BCUT2D eigenvalue weighted by Gasteiger charge is 2.10. The summed E-state index contributed by atoms with van der Waals surface area (Å²) in [5.41, 5.74) is 2.59. The van der Waals surface area contributed by atoms with Crippen molar-refractivity contribution in [2.24, 2.45) is 4.99 Å². The molecule has 0 unspecified atom stereocenters. The van der Waals surface area contributed by atoms with Gasteiger partial charge in [0.1, 0.15) is 6.61 Å². The van der Waals surface area contributed by atoms with E-state index >= 15 is 0 Å². The largest absolute Gasteiger partial charge is 0.476 e. The first-order valence-corrected chi connectivity index (χ1v) is 8.09. The molecule has 0 saturated heterocycles. The van der Waals surface area contributed by atoms with Gasteiger partial charge in [0.25, 0.3) is 0 Å². The Labute approximate surface area is 149 Å². The van der Waals surface area contributed by atoms with E-state index in [1.807, 2.05) is 24.3 Å². The molecule has 0 radical (unpaired) electrons. The number of halogens is 2. The molecule has 0 amide bonds. The van der Waals surface area contributed by atoms with Crippen LogP contribution in [0.2, 0.25) is 10.0 Å². The van der Waals surface area contributed by atoms with Crippen LogP contribution in [0.3, 0.4) is 0 Å². The van der Waals surface area contributed by atoms with Gasteiger partial charge in [-0.1, -0.05) is 23.2 Å². The van der Waals surface area contributed by atoms with E-state index in [4.69, 9.17) is 40.2 Å². The number of ether oxygens (including phenoxy) is 1. The van der Waals surface area contributed by atoms with Gasteiger partial charge in [-0.3, -0.25) is 0 Å². The minimum absolute atomic E-state index is 0.464. The molecule has 2 aromatic rings. The van der Waals surface area contributed by atoms with E-state index in [9.17, 15) is 0 Å². The monoisotopic (exact) mass is 365 g/mol. The van der Waals surface area contributed by atoms with E-state index in [0.29, 0.717) is 34.2 Å². The van der Waals surface area contributed by atoms with E-state index in [0.717, 1.165) is 16.9 Å². The predicted octanol–water partition coefficient (Wildman–Crippen LogP) is 4.58. The number of hydrogen-bond donors (Lipinski definition) is 2. The molecule has 2 N–H and O–H groups in total. The number of anilines is 2. The normalized spacial score (nSPS) is 13.2. The SMILES string of the molecule is S=C(Nc1ccc(C2=NCCO2)cc1)Nc1ccc(Cl)c(Cl)c1. The number of thiocarbonyl (C=S) groups is 1. The van der Waals surface area contributed by atoms with Crippen molar-refractivity contribution >= 4 is 57.8 Å². The lowest BCUT2D eigenvalue weighted by Crippen LogP contribution is -2.19. The van der Waals surface area contributed by atoms with Gasteiger partial charge in [0.15, 0.2) is 5.11 Å². The smallest absolute Gasteiger partial charge is 0.216 e. The van der Waals surface area contributed by atoms with Crippen molar-refractivity contribution in [1.29, 1.82) is 0 Å². The second kappa shape index (κ2) is 7.17. The lowest BCUT2D eigenvalue weighted by molar-refractivity contribution is 0.348. The molecule has 0 aromatic heterocycles. The molecule has 2 aromatic carbocycles. The fraction of sp³-hybridized carbons (Fsp3) is 0.125. The second-order valence-electron chi connectivity index (χ2n) is 4.82. The molecule has 1 aliphatic heterocycles. The van der Waals surface area contributed by atoms with Crippen LogP contribution in [0, 0.1) is 0 Å². The van der Waals surface area contributed by atoms with Crippen LogP contribution < -0.4 is 10.6 Å². The van der Waals surface area contributed by atoms with Gasteiger partial charge in [0, 0.05) is 16.9 Å². The summed E-state index contributed by atoms with van der Waals surface area (Å²) in [6.07, 6.45) is 0. The number of rotatable bonds is 3. The lowest BCUT2D eigenvalue weighted by atomic mass is 10.2. The third-order valence-electron chi connectivity index (χ3n) is 3.15. The minimum atomic E-state index is 0.464. The van der Waals surface area contributed by atoms with Crippen LogP contribution in [-0.4, -0.2) is 24.2 Å². The van der Waals surface area contributed by atoms with Crippen molar-refractivity contribution in [2.75, 3.05) is 23.8 Å². The summed E-state index contributed by atoms with van der Waals surface area (Å²) in [6.45, 7) is 1.36. The Balaban J connectivity index is 1.62. The summed E-state index contributed by atoms with van der Waals surface area (Å²) in [7, 11) is 0. The number of benzene rings is 2. The highest BCUT2D eigenvalue weighted by atomic mass is 35.5. The summed E-state index contributed by atoms with van der Waals surface area (Å²) in [4.78, 5) is 4.28. The lowest BCUT2D eigenvalue weighted by Gasteiger charge is -2.11. The van der Waals surface area contributed by atoms with Crippen molar-refractivity contribution in [2.45, 2.75) is 0 Å². The van der Waals surface area contributed by atoms with Gasteiger partial charge >= 0.3 is 0 Å². The standard InChI is InChI=1S/C16H13Cl2N3OS/c17-13-6-5-12(9-14(13)18)21-16(23)20-11-3-1-10(2-4-11)15-19-7-8-22-15/h1-6,9H,7-8H2,(H2,20,21,23). The van der Waals surface area contributed by atoms with Gasteiger partial charge in [0.05, 0.1) is 16.6 Å². The number of aliphatic imine (C=N–C) groups is 1. The van der Waals surface area contributed by atoms with Crippen LogP contribution in [0.25, 0.3) is 0 Å². The Morgan fingerprint density at radius 3 is 2.35 bits per heavy atom. The molecule has 3 rings (SSSR count). The molecule has 0 spiro atoms. The molecule has 118 valence electrons. The first-order chi connectivity index (χ1) is 11.1. The predicted molar refractivity (Wildman–Crippen MR) is 100 cm³/mol. The Morgan fingerprint density at radius 2 is 1.70 bits per heavy atom. The molecule has 0 aliphatic carbocycles. The van der Waals surface area contributed by atoms with Crippen molar-refractivity contribution in [1.82, 2.24) is 0 Å². The maximum absolute atomic E-state index is 5.98. The van der Waals surface area contributed by atoms with Crippen molar-refractivity contribution in [3.05, 3.63) is 58.1 Å².